The molecule has 3 rings (SSSR count). The minimum Gasteiger partial charge on any atom is -0.489 e. The molecular formula is C15H17ClN2O3. The zero-order valence-corrected chi connectivity index (χ0v) is 12.2. The van der Waals surface area contributed by atoms with Gasteiger partial charge in [0.25, 0.3) is 0 Å². The molecule has 112 valence electrons. The number of hydrogen-bond donors (Lipinski definition) is 1. The van der Waals surface area contributed by atoms with Crippen molar-refractivity contribution in [3.8, 4) is 16.9 Å². The Morgan fingerprint density at radius 2 is 2.14 bits per heavy atom. The quantitative estimate of drug-likeness (QED) is 0.922. The van der Waals surface area contributed by atoms with E-state index >= 15 is 0 Å². The Bertz CT molecular complexity index is 599. The van der Waals surface area contributed by atoms with Crippen molar-refractivity contribution in [2.45, 2.75) is 12.5 Å². The van der Waals surface area contributed by atoms with Gasteiger partial charge in [-0.05, 0) is 12.1 Å². The number of rotatable bonds is 5. The molecule has 1 aromatic carbocycles. The van der Waals surface area contributed by atoms with Crippen LogP contribution in [0.5, 0.6) is 5.75 Å². The van der Waals surface area contributed by atoms with Gasteiger partial charge in [-0.1, -0.05) is 23.4 Å². The van der Waals surface area contributed by atoms with Gasteiger partial charge in [-0.15, -0.1) is 12.4 Å². The molecule has 0 fully saturated rings. The first-order chi connectivity index (χ1) is 9.86. The highest BCUT2D eigenvalue weighted by molar-refractivity contribution is 5.87. The SMILES string of the molecule is Cl.NCC1=NOC(COc2ccccc2-c2ccoc2)C1. The van der Waals surface area contributed by atoms with Gasteiger partial charge in [0.2, 0.25) is 0 Å². The Kier molecular flexibility index (Phi) is 5.25. The Morgan fingerprint density at radius 3 is 2.86 bits per heavy atom. The third-order valence-electron chi connectivity index (χ3n) is 3.17. The van der Waals surface area contributed by atoms with Gasteiger partial charge in [0.1, 0.15) is 12.4 Å². The second-order valence-electron chi connectivity index (χ2n) is 4.61. The van der Waals surface area contributed by atoms with Crippen molar-refractivity contribution in [1.82, 2.24) is 0 Å². The van der Waals surface area contributed by atoms with Crippen LogP contribution in [-0.4, -0.2) is 25.0 Å². The maximum Gasteiger partial charge on any atom is 0.166 e. The summed E-state index contributed by atoms with van der Waals surface area (Å²) in [6.45, 7) is 0.879. The molecule has 0 bridgehead atoms. The number of furan rings is 1. The van der Waals surface area contributed by atoms with E-state index in [0.717, 1.165) is 29.0 Å². The fourth-order valence-electron chi connectivity index (χ4n) is 2.13. The summed E-state index contributed by atoms with van der Waals surface area (Å²) >= 11 is 0. The van der Waals surface area contributed by atoms with Gasteiger partial charge in [-0.2, -0.15) is 0 Å². The standard InChI is InChI=1S/C15H16N2O3.ClH/c16-8-12-7-13(20-17-12)10-19-15-4-2-1-3-14(15)11-5-6-18-9-11;/h1-6,9,13H,7-8,10,16H2;1H. The summed E-state index contributed by atoms with van der Waals surface area (Å²) in [5, 5.41) is 3.92. The zero-order chi connectivity index (χ0) is 13.8. The normalized spacial score (nSPS) is 16.8. The molecule has 5 nitrogen and oxygen atoms in total. The van der Waals surface area contributed by atoms with Crippen LogP contribution >= 0.6 is 12.4 Å². The predicted molar refractivity (Wildman–Crippen MR) is 82.9 cm³/mol. The fraction of sp³-hybridized carbons (Fsp3) is 0.267. The number of oxime groups is 1. The van der Waals surface area contributed by atoms with E-state index in [2.05, 4.69) is 5.16 Å². The topological polar surface area (TPSA) is 70.0 Å². The van der Waals surface area contributed by atoms with Crippen molar-refractivity contribution in [3.63, 3.8) is 0 Å². The number of para-hydroxylation sites is 1. The zero-order valence-electron chi connectivity index (χ0n) is 11.4. The average Bonchev–Trinajstić information content (AvgIpc) is 3.17. The largest absolute Gasteiger partial charge is 0.489 e. The molecule has 0 amide bonds. The lowest BCUT2D eigenvalue weighted by molar-refractivity contribution is 0.0472. The molecule has 0 radical (unpaired) electrons. The van der Waals surface area contributed by atoms with Crippen LogP contribution in [0.3, 0.4) is 0 Å². The van der Waals surface area contributed by atoms with E-state index in [-0.39, 0.29) is 18.5 Å². The Labute approximate surface area is 129 Å². The van der Waals surface area contributed by atoms with E-state index in [1.807, 2.05) is 30.3 Å². The highest BCUT2D eigenvalue weighted by atomic mass is 35.5. The van der Waals surface area contributed by atoms with Crippen molar-refractivity contribution in [3.05, 3.63) is 42.9 Å². The lowest BCUT2D eigenvalue weighted by Gasteiger charge is -2.13. The van der Waals surface area contributed by atoms with E-state index in [0.29, 0.717) is 13.2 Å². The molecule has 1 aliphatic rings. The predicted octanol–water partition coefficient (Wildman–Crippen LogP) is 2.85. The van der Waals surface area contributed by atoms with Gasteiger partial charge in [0.05, 0.1) is 18.2 Å². The van der Waals surface area contributed by atoms with Gasteiger partial charge in [0.15, 0.2) is 6.10 Å². The van der Waals surface area contributed by atoms with E-state index in [1.165, 1.54) is 0 Å². The van der Waals surface area contributed by atoms with Crippen LogP contribution in [0.15, 0.2) is 52.4 Å². The Balaban J connectivity index is 0.00000161. The summed E-state index contributed by atoms with van der Waals surface area (Å²) in [4.78, 5) is 5.27. The van der Waals surface area contributed by atoms with E-state index in [4.69, 9.17) is 19.7 Å². The number of hydrogen-bond acceptors (Lipinski definition) is 5. The minimum absolute atomic E-state index is 0. The molecule has 0 saturated carbocycles. The number of ether oxygens (including phenoxy) is 1. The Morgan fingerprint density at radius 1 is 1.29 bits per heavy atom. The fourth-order valence-corrected chi connectivity index (χ4v) is 2.13. The Hall–Kier alpha value is -1.98. The monoisotopic (exact) mass is 308 g/mol. The molecule has 21 heavy (non-hydrogen) atoms. The maximum atomic E-state index is 5.86. The lowest BCUT2D eigenvalue weighted by Crippen LogP contribution is -2.20. The summed E-state index contributed by atoms with van der Waals surface area (Å²) in [5.74, 6) is 0.804. The lowest BCUT2D eigenvalue weighted by atomic mass is 10.1. The van der Waals surface area contributed by atoms with Crippen LogP contribution in [0.25, 0.3) is 11.1 Å². The van der Waals surface area contributed by atoms with Crippen molar-refractivity contribution >= 4 is 18.1 Å². The first-order valence-corrected chi connectivity index (χ1v) is 6.53. The van der Waals surface area contributed by atoms with Crippen LogP contribution in [0.4, 0.5) is 0 Å². The first-order valence-electron chi connectivity index (χ1n) is 6.53. The van der Waals surface area contributed by atoms with Crippen molar-refractivity contribution < 1.29 is 14.0 Å². The highest BCUT2D eigenvalue weighted by Gasteiger charge is 2.21. The van der Waals surface area contributed by atoms with Gasteiger partial charge in [-0.3, -0.25) is 0 Å². The number of benzene rings is 1. The van der Waals surface area contributed by atoms with Gasteiger partial charge >= 0.3 is 0 Å². The number of nitrogens with two attached hydrogens (primary N) is 1. The van der Waals surface area contributed by atoms with Gasteiger partial charge < -0.3 is 19.7 Å². The van der Waals surface area contributed by atoms with E-state index in [9.17, 15) is 0 Å². The van der Waals surface area contributed by atoms with Crippen molar-refractivity contribution in [1.29, 1.82) is 0 Å². The van der Waals surface area contributed by atoms with Crippen molar-refractivity contribution in [2.24, 2.45) is 10.9 Å². The molecule has 0 spiro atoms. The van der Waals surface area contributed by atoms with Crippen LogP contribution in [-0.2, 0) is 4.84 Å². The molecule has 2 N–H and O–H groups in total. The van der Waals surface area contributed by atoms with Gasteiger partial charge in [0, 0.05) is 24.1 Å². The molecule has 1 atom stereocenters. The van der Waals surface area contributed by atoms with Crippen LogP contribution in [0, 0.1) is 0 Å². The second kappa shape index (κ2) is 7.15. The molecule has 0 aliphatic carbocycles. The summed E-state index contributed by atoms with van der Waals surface area (Å²) in [6.07, 6.45) is 4.01. The first kappa shape index (κ1) is 15.4. The molecular weight excluding hydrogens is 292 g/mol. The minimum atomic E-state index is -0.0639. The molecule has 1 aromatic heterocycles. The number of nitrogens with zero attached hydrogens (tertiary/aromatic N) is 1. The third-order valence-corrected chi connectivity index (χ3v) is 3.17. The van der Waals surface area contributed by atoms with Crippen LogP contribution in [0.1, 0.15) is 6.42 Å². The molecule has 0 saturated heterocycles. The smallest absolute Gasteiger partial charge is 0.166 e. The molecule has 6 heteroatoms. The van der Waals surface area contributed by atoms with Crippen LogP contribution < -0.4 is 10.5 Å². The molecule has 1 aliphatic heterocycles. The summed E-state index contributed by atoms with van der Waals surface area (Å²) in [7, 11) is 0. The maximum absolute atomic E-state index is 5.86. The summed E-state index contributed by atoms with van der Waals surface area (Å²) < 4.78 is 11.0. The summed E-state index contributed by atoms with van der Waals surface area (Å²) in [6, 6.07) is 9.75. The van der Waals surface area contributed by atoms with Crippen LogP contribution in [0.2, 0.25) is 0 Å². The molecule has 1 unspecified atom stereocenters. The highest BCUT2D eigenvalue weighted by Crippen LogP contribution is 2.30. The average molecular weight is 309 g/mol. The van der Waals surface area contributed by atoms with E-state index < -0.39 is 0 Å². The third kappa shape index (κ3) is 3.56. The van der Waals surface area contributed by atoms with E-state index in [1.54, 1.807) is 12.5 Å². The number of halogens is 1. The second-order valence-corrected chi connectivity index (χ2v) is 4.61. The van der Waals surface area contributed by atoms with Crippen molar-refractivity contribution in [2.75, 3.05) is 13.2 Å². The molecule has 2 aromatic rings. The molecule has 2 heterocycles. The van der Waals surface area contributed by atoms with Gasteiger partial charge in [-0.25, -0.2) is 0 Å². The summed E-state index contributed by atoms with van der Waals surface area (Å²) in [5.41, 5.74) is 8.40.